The van der Waals surface area contributed by atoms with Crippen LogP contribution in [0.3, 0.4) is 0 Å². The van der Waals surface area contributed by atoms with Gasteiger partial charge in [0.2, 0.25) is 0 Å². The van der Waals surface area contributed by atoms with E-state index < -0.39 is 0 Å². The molecule has 118 valence electrons. The Morgan fingerprint density at radius 1 is 1.27 bits per heavy atom. The molecule has 0 atom stereocenters. The molecule has 1 saturated heterocycles. The van der Waals surface area contributed by atoms with E-state index in [0.717, 1.165) is 55.8 Å². The minimum atomic E-state index is -0.143. The maximum Gasteiger partial charge on any atom is 0.287 e. The van der Waals surface area contributed by atoms with Gasteiger partial charge < -0.3 is 14.5 Å². The first-order valence-electron chi connectivity index (χ1n) is 7.81. The van der Waals surface area contributed by atoms with Gasteiger partial charge in [-0.2, -0.15) is 0 Å². The lowest BCUT2D eigenvalue weighted by molar-refractivity contribution is 0.0374. The number of amides is 1. The Kier molecular flexibility index (Phi) is 4.75. The quantitative estimate of drug-likeness (QED) is 0.860. The molecule has 1 amide bonds. The predicted octanol–water partition coefficient (Wildman–Crippen LogP) is 2.19. The van der Waals surface area contributed by atoms with E-state index in [1.165, 1.54) is 0 Å². The summed E-state index contributed by atoms with van der Waals surface area (Å²) >= 11 is 0. The van der Waals surface area contributed by atoms with Crippen LogP contribution in [-0.4, -0.2) is 50.2 Å². The maximum atomic E-state index is 12.1. The smallest absolute Gasteiger partial charge is 0.287 e. The van der Waals surface area contributed by atoms with Crippen molar-refractivity contribution in [3.8, 4) is 0 Å². The largest absolute Gasteiger partial charge is 0.451 e. The Labute approximate surface area is 130 Å². The van der Waals surface area contributed by atoms with Gasteiger partial charge in [-0.05, 0) is 37.6 Å². The third-order valence-electron chi connectivity index (χ3n) is 3.94. The molecule has 2 heterocycles. The summed E-state index contributed by atoms with van der Waals surface area (Å²) in [5, 5.41) is 3.89. The maximum absolute atomic E-state index is 12.1. The van der Waals surface area contributed by atoms with Crippen LogP contribution in [0.1, 0.15) is 22.5 Å². The van der Waals surface area contributed by atoms with E-state index in [2.05, 4.69) is 10.2 Å². The number of hydrogen-bond acceptors (Lipinski definition) is 4. The van der Waals surface area contributed by atoms with E-state index in [9.17, 15) is 4.79 Å². The predicted molar refractivity (Wildman–Crippen MR) is 85.2 cm³/mol. The van der Waals surface area contributed by atoms with Crippen LogP contribution in [0.2, 0.25) is 0 Å². The Balaban J connectivity index is 1.48. The van der Waals surface area contributed by atoms with Gasteiger partial charge in [0.15, 0.2) is 5.76 Å². The molecule has 1 aromatic heterocycles. The second kappa shape index (κ2) is 6.94. The van der Waals surface area contributed by atoms with E-state index in [1.54, 1.807) is 6.07 Å². The van der Waals surface area contributed by atoms with Crippen molar-refractivity contribution in [3.63, 3.8) is 0 Å². The molecule has 1 aliphatic rings. The first-order chi connectivity index (χ1) is 10.7. The topological polar surface area (TPSA) is 54.7 Å². The number of nitrogens with zero attached hydrogens (tertiary/aromatic N) is 1. The number of aryl methyl sites for hydroxylation is 1. The highest BCUT2D eigenvalue weighted by molar-refractivity contribution is 5.96. The molecule has 1 aromatic carbocycles. The van der Waals surface area contributed by atoms with Gasteiger partial charge in [0, 0.05) is 25.0 Å². The molecule has 5 nitrogen and oxygen atoms in total. The number of ether oxygens (including phenoxy) is 1. The summed E-state index contributed by atoms with van der Waals surface area (Å²) in [4.78, 5) is 14.5. The Bertz CT molecular complexity index is 644. The molecule has 0 unspecified atom stereocenters. The van der Waals surface area contributed by atoms with Crippen LogP contribution in [0.5, 0.6) is 0 Å². The van der Waals surface area contributed by atoms with Crippen molar-refractivity contribution in [2.75, 3.05) is 39.4 Å². The molecule has 0 saturated carbocycles. The first kappa shape index (κ1) is 15.1. The van der Waals surface area contributed by atoms with Crippen molar-refractivity contribution in [2.45, 2.75) is 13.3 Å². The van der Waals surface area contributed by atoms with Crippen LogP contribution in [0.25, 0.3) is 11.0 Å². The Morgan fingerprint density at radius 3 is 2.91 bits per heavy atom. The van der Waals surface area contributed by atoms with Crippen molar-refractivity contribution < 1.29 is 13.9 Å². The molecule has 2 aromatic rings. The van der Waals surface area contributed by atoms with Crippen LogP contribution in [0.4, 0.5) is 0 Å². The van der Waals surface area contributed by atoms with Crippen LogP contribution < -0.4 is 5.32 Å². The molecular weight excluding hydrogens is 280 g/mol. The zero-order chi connectivity index (χ0) is 15.4. The van der Waals surface area contributed by atoms with Crippen LogP contribution in [0, 0.1) is 6.92 Å². The van der Waals surface area contributed by atoms with Crippen molar-refractivity contribution in [2.24, 2.45) is 0 Å². The molecule has 0 radical (unpaired) electrons. The molecular formula is C17H22N2O3. The molecule has 22 heavy (non-hydrogen) atoms. The van der Waals surface area contributed by atoms with Gasteiger partial charge in [0.05, 0.1) is 13.2 Å². The number of morpholine rings is 1. The van der Waals surface area contributed by atoms with E-state index in [4.69, 9.17) is 9.15 Å². The van der Waals surface area contributed by atoms with Gasteiger partial charge in [-0.15, -0.1) is 0 Å². The fraction of sp³-hybridized carbons (Fsp3) is 0.471. The number of rotatable bonds is 5. The average Bonchev–Trinajstić information content (AvgIpc) is 2.95. The highest BCUT2D eigenvalue weighted by Crippen LogP contribution is 2.20. The third-order valence-corrected chi connectivity index (χ3v) is 3.94. The second-order valence-electron chi connectivity index (χ2n) is 5.72. The summed E-state index contributed by atoms with van der Waals surface area (Å²) in [6.45, 7) is 7.24. The molecule has 1 fully saturated rings. The number of furan rings is 1. The third kappa shape index (κ3) is 3.67. The number of carbonyl (C=O) groups is 1. The summed E-state index contributed by atoms with van der Waals surface area (Å²) < 4.78 is 10.9. The number of fused-ring (bicyclic) bond motifs is 1. The van der Waals surface area contributed by atoms with Gasteiger partial charge in [-0.1, -0.05) is 12.1 Å². The highest BCUT2D eigenvalue weighted by atomic mass is 16.5. The van der Waals surface area contributed by atoms with E-state index in [0.29, 0.717) is 12.3 Å². The van der Waals surface area contributed by atoms with E-state index in [1.807, 2.05) is 25.1 Å². The fourth-order valence-electron chi connectivity index (χ4n) is 2.67. The fourth-order valence-corrected chi connectivity index (χ4v) is 2.67. The number of carbonyl (C=O) groups excluding carboxylic acids is 1. The lowest BCUT2D eigenvalue weighted by Crippen LogP contribution is -2.38. The van der Waals surface area contributed by atoms with Gasteiger partial charge in [0.25, 0.3) is 5.91 Å². The lowest BCUT2D eigenvalue weighted by Gasteiger charge is -2.26. The van der Waals surface area contributed by atoms with Gasteiger partial charge in [-0.3, -0.25) is 9.69 Å². The van der Waals surface area contributed by atoms with Crippen LogP contribution in [-0.2, 0) is 4.74 Å². The second-order valence-corrected chi connectivity index (χ2v) is 5.72. The molecule has 3 rings (SSSR count). The van der Waals surface area contributed by atoms with Crippen molar-refractivity contribution in [1.29, 1.82) is 0 Å². The average molecular weight is 302 g/mol. The normalized spacial score (nSPS) is 16.0. The SMILES string of the molecule is Cc1ccc2cc(C(=O)NCCCN3CCOCC3)oc2c1. The van der Waals surface area contributed by atoms with Crippen LogP contribution >= 0.6 is 0 Å². The van der Waals surface area contributed by atoms with Gasteiger partial charge in [-0.25, -0.2) is 0 Å². The zero-order valence-corrected chi connectivity index (χ0v) is 12.9. The highest BCUT2D eigenvalue weighted by Gasteiger charge is 2.13. The van der Waals surface area contributed by atoms with Crippen molar-refractivity contribution in [1.82, 2.24) is 10.2 Å². The summed E-state index contributed by atoms with van der Waals surface area (Å²) in [6.07, 6.45) is 0.936. The summed E-state index contributed by atoms with van der Waals surface area (Å²) in [6, 6.07) is 7.74. The van der Waals surface area contributed by atoms with Crippen LogP contribution in [0.15, 0.2) is 28.7 Å². The summed E-state index contributed by atoms with van der Waals surface area (Å²) in [5.41, 5.74) is 1.89. The summed E-state index contributed by atoms with van der Waals surface area (Å²) in [7, 11) is 0. The first-order valence-corrected chi connectivity index (χ1v) is 7.81. The van der Waals surface area contributed by atoms with E-state index in [-0.39, 0.29) is 5.91 Å². The monoisotopic (exact) mass is 302 g/mol. The van der Waals surface area contributed by atoms with Crippen molar-refractivity contribution in [3.05, 3.63) is 35.6 Å². The Morgan fingerprint density at radius 2 is 2.09 bits per heavy atom. The van der Waals surface area contributed by atoms with Gasteiger partial charge in [0.1, 0.15) is 5.58 Å². The number of benzene rings is 1. The molecule has 0 spiro atoms. The lowest BCUT2D eigenvalue weighted by atomic mass is 10.2. The molecule has 1 aliphatic heterocycles. The molecule has 0 aliphatic carbocycles. The molecule has 1 N–H and O–H groups in total. The van der Waals surface area contributed by atoms with Gasteiger partial charge >= 0.3 is 0 Å². The standard InChI is InChI=1S/C17H22N2O3/c1-13-3-4-14-12-16(22-15(14)11-13)17(20)18-5-2-6-19-7-9-21-10-8-19/h3-4,11-12H,2,5-10H2,1H3,(H,18,20). The minimum absolute atomic E-state index is 0.143. The number of nitrogens with one attached hydrogen (secondary N) is 1. The summed E-state index contributed by atoms with van der Waals surface area (Å²) in [5.74, 6) is 0.239. The number of hydrogen-bond donors (Lipinski definition) is 1. The molecule has 5 heteroatoms. The van der Waals surface area contributed by atoms with E-state index >= 15 is 0 Å². The Hall–Kier alpha value is -1.85. The zero-order valence-electron chi connectivity index (χ0n) is 12.9. The van der Waals surface area contributed by atoms with Crippen molar-refractivity contribution >= 4 is 16.9 Å². The molecule has 0 bridgehead atoms. The minimum Gasteiger partial charge on any atom is -0.451 e.